The van der Waals surface area contributed by atoms with Crippen LogP contribution in [0.2, 0.25) is 0 Å². The number of anilines is 1. The Hall–Kier alpha value is -3.76. The van der Waals surface area contributed by atoms with Gasteiger partial charge in [-0.2, -0.15) is 5.10 Å². The van der Waals surface area contributed by atoms with Gasteiger partial charge in [0.05, 0.1) is 5.69 Å². The highest BCUT2D eigenvalue weighted by Crippen LogP contribution is 2.33. The van der Waals surface area contributed by atoms with Crippen molar-refractivity contribution >= 4 is 29.3 Å². The van der Waals surface area contributed by atoms with Crippen LogP contribution in [-0.4, -0.2) is 51.5 Å². The van der Waals surface area contributed by atoms with E-state index in [1.54, 1.807) is 36.9 Å². The molecular formula is C33H47FN6O4. The van der Waals surface area contributed by atoms with Crippen LogP contribution in [0.5, 0.6) is 0 Å². The van der Waals surface area contributed by atoms with E-state index in [2.05, 4.69) is 33.3 Å². The summed E-state index contributed by atoms with van der Waals surface area (Å²) in [6.45, 7) is 10.0. The number of hydrogen-bond acceptors (Lipinski definition) is 5. The SMILES string of the molecule is CCC(=O)N[C@@H](C(=O)NC(C)C1CC1)[C@@H](C)c1ccc(NC(=O)[C@@H](NC(=O)c2ccnn2CC)[C@H]2CC[C@H](C)CC2)c(F)c1. The second kappa shape index (κ2) is 14.8. The second-order valence-corrected chi connectivity index (χ2v) is 12.6. The van der Waals surface area contributed by atoms with Crippen molar-refractivity contribution in [3.8, 4) is 0 Å². The minimum absolute atomic E-state index is 0.00611. The number of nitrogens with zero attached hydrogens (tertiary/aromatic N) is 2. The molecule has 44 heavy (non-hydrogen) atoms. The van der Waals surface area contributed by atoms with E-state index >= 15 is 4.39 Å². The summed E-state index contributed by atoms with van der Waals surface area (Å²) in [7, 11) is 0. The molecule has 0 saturated heterocycles. The third-order valence-electron chi connectivity index (χ3n) is 9.25. The first-order chi connectivity index (χ1) is 21.0. The standard InChI is InChI=1S/C33H47FN6O4/c1-6-28(41)38-29(32(43)36-21(5)22-12-13-22)20(4)24-14-15-26(25(34)18-24)37-33(44)30(23-10-8-19(3)9-11-23)39-31(42)27-16-17-35-40(27)7-2/h14-23,29-30H,6-13H2,1-5H3,(H,36,43)(H,37,44)(H,38,41)(H,39,42)/t19-,20-,21?,23-,29+,30-/m0/s1. The maximum Gasteiger partial charge on any atom is 0.270 e. The molecule has 10 nitrogen and oxygen atoms in total. The average molecular weight is 611 g/mol. The number of amides is 4. The monoisotopic (exact) mass is 610 g/mol. The normalized spacial score (nSPS) is 21.0. The number of benzene rings is 1. The van der Waals surface area contributed by atoms with Gasteiger partial charge in [-0.05, 0) is 81.0 Å². The van der Waals surface area contributed by atoms with Crippen LogP contribution in [0.25, 0.3) is 0 Å². The topological polar surface area (TPSA) is 134 Å². The Kier molecular flexibility index (Phi) is 11.2. The van der Waals surface area contributed by atoms with E-state index in [-0.39, 0.29) is 35.9 Å². The zero-order valence-corrected chi connectivity index (χ0v) is 26.5. The van der Waals surface area contributed by atoms with Crippen molar-refractivity contribution in [1.82, 2.24) is 25.7 Å². The molecule has 4 rings (SSSR count). The summed E-state index contributed by atoms with van der Waals surface area (Å²) in [5.41, 5.74) is 0.850. The van der Waals surface area contributed by atoms with E-state index in [1.165, 1.54) is 12.1 Å². The van der Waals surface area contributed by atoms with Crippen LogP contribution in [0.4, 0.5) is 10.1 Å². The lowest BCUT2D eigenvalue weighted by Crippen LogP contribution is -2.51. The van der Waals surface area contributed by atoms with Gasteiger partial charge in [0.15, 0.2) is 0 Å². The van der Waals surface area contributed by atoms with Gasteiger partial charge in [0.1, 0.15) is 23.6 Å². The fraction of sp³-hybridized carbons (Fsp3) is 0.606. The number of nitrogens with one attached hydrogen (secondary N) is 4. The van der Waals surface area contributed by atoms with Crippen molar-refractivity contribution in [1.29, 1.82) is 0 Å². The van der Waals surface area contributed by atoms with Crippen molar-refractivity contribution in [2.24, 2.45) is 17.8 Å². The average Bonchev–Trinajstić information content (AvgIpc) is 3.76. The molecule has 2 fully saturated rings. The Morgan fingerprint density at radius 2 is 1.61 bits per heavy atom. The summed E-state index contributed by atoms with van der Waals surface area (Å²) in [4.78, 5) is 52.3. The molecule has 0 aliphatic heterocycles. The third-order valence-corrected chi connectivity index (χ3v) is 9.25. The minimum Gasteiger partial charge on any atom is -0.352 e. The van der Waals surface area contributed by atoms with Crippen LogP contribution >= 0.6 is 0 Å². The van der Waals surface area contributed by atoms with Gasteiger partial charge in [-0.3, -0.25) is 23.9 Å². The highest BCUT2D eigenvalue weighted by molar-refractivity contribution is 6.00. The first kappa shape index (κ1) is 33.1. The summed E-state index contributed by atoms with van der Waals surface area (Å²) in [5.74, 6) is -1.76. The van der Waals surface area contributed by atoms with Crippen molar-refractivity contribution in [3.63, 3.8) is 0 Å². The van der Waals surface area contributed by atoms with Gasteiger partial charge in [0, 0.05) is 31.1 Å². The minimum atomic E-state index is -0.881. The van der Waals surface area contributed by atoms with Crippen molar-refractivity contribution < 1.29 is 23.6 Å². The Balaban J connectivity index is 1.50. The number of rotatable bonds is 13. The summed E-state index contributed by atoms with van der Waals surface area (Å²) in [6, 6.07) is 4.29. The molecule has 0 bridgehead atoms. The third kappa shape index (κ3) is 8.24. The summed E-state index contributed by atoms with van der Waals surface area (Å²) in [5, 5.41) is 15.6. The summed E-state index contributed by atoms with van der Waals surface area (Å²) in [6.07, 6.45) is 7.33. The predicted octanol–water partition coefficient (Wildman–Crippen LogP) is 4.52. The highest BCUT2D eigenvalue weighted by atomic mass is 19.1. The maximum atomic E-state index is 15.5. The molecule has 2 saturated carbocycles. The first-order valence-corrected chi connectivity index (χ1v) is 16.0. The molecule has 2 aliphatic carbocycles. The highest BCUT2D eigenvalue weighted by Gasteiger charge is 2.35. The molecule has 1 unspecified atom stereocenters. The number of aryl methyl sites for hydroxylation is 1. The Bertz CT molecular complexity index is 1330. The molecule has 1 aromatic carbocycles. The van der Waals surface area contributed by atoms with Gasteiger partial charge in [-0.15, -0.1) is 0 Å². The predicted molar refractivity (Wildman–Crippen MR) is 166 cm³/mol. The van der Waals surface area contributed by atoms with Gasteiger partial charge >= 0.3 is 0 Å². The quantitative estimate of drug-likeness (QED) is 0.265. The van der Waals surface area contributed by atoms with E-state index in [0.717, 1.165) is 38.5 Å². The van der Waals surface area contributed by atoms with Crippen molar-refractivity contribution in [2.75, 3.05) is 5.32 Å². The van der Waals surface area contributed by atoms with E-state index in [9.17, 15) is 19.2 Å². The van der Waals surface area contributed by atoms with E-state index in [1.807, 2.05) is 13.8 Å². The smallest absolute Gasteiger partial charge is 0.270 e. The largest absolute Gasteiger partial charge is 0.352 e. The van der Waals surface area contributed by atoms with Gasteiger partial charge < -0.3 is 21.3 Å². The lowest BCUT2D eigenvalue weighted by Gasteiger charge is -2.32. The van der Waals surface area contributed by atoms with E-state index in [4.69, 9.17) is 0 Å². The molecule has 4 atom stereocenters. The Morgan fingerprint density at radius 1 is 0.932 bits per heavy atom. The lowest BCUT2D eigenvalue weighted by molar-refractivity contribution is -0.129. The lowest BCUT2D eigenvalue weighted by atomic mass is 9.79. The number of hydrogen-bond donors (Lipinski definition) is 4. The number of carbonyl (C=O) groups is 4. The van der Waals surface area contributed by atoms with Crippen LogP contribution in [0.15, 0.2) is 30.5 Å². The molecule has 0 radical (unpaired) electrons. The molecule has 11 heteroatoms. The molecule has 4 N–H and O–H groups in total. The second-order valence-electron chi connectivity index (χ2n) is 12.6. The molecule has 2 aliphatic rings. The maximum absolute atomic E-state index is 15.5. The molecule has 240 valence electrons. The van der Waals surface area contributed by atoms with Crippen molar-refractivity contribution in [3.05, 3.63) is 47.5 Å². The van der Waals surface area contributed by atoms with Gasteiger partial charge in [0.2, 0.25) is 17.7 Å². The van der Waals surface area contributed by atoms with Crippen LogP contribution in [-0.2, 0) is 20.9 Å². The van der Waals surface area contributed by atoms with Crippen LogP contribution in [0, 0.1) is 23.6 Å². The number of carbonyl (C=O) groups excluding carboxylic acids is 4. The van der Waals surface area contributed by atoms with E-state index in [0.29, 0.717) is 29.6 Å². The fourth-order valence-electron chi connectivity index (χ4n) is 6.05. The molecule has 0 spiro atoms. The summed E-state index contributed by atoms with van der Waals surface area (Å²) >= 11 is 0. The molecule has 2 aromatic rings. The Labute approximate surface area is 259 Å². The molecular weight excluding hydrogens is 563 g/mol. The van der Waals surface area contributed by atoms with Crippen LogP contribution in [0.3, 0.4) is 0 Å². The van der Waals surface area contributed by atoms with Gasteiger partial charge in [-0.1, -0.05) is 39.7 Å². The number of halogens is 1. The summed E-state index contributed by atoms with van der Waals surface area (Å²) < 4.78 is 17.1. The zero-order chi connectivity index (χ0) is 32.0. The van der Waals surface area contributed by atoms with Crippen LogP contribution < -0.4 is 21.3 Å². The molecule has 4 amide bonds. The van der Waals surface area contributed by atoms with Gasteiger partial charge in [-0.25, -0.2) is 4.39 Å². The first-order valence-electron chi connectivity index (χ1n) is 16.0. The van der Waals surface area contributed by atoms with Gasteiger partial charge in [0.25, 0.3) is 5.91 Å². The zero-order valence-electron chi connectivity index (χ0n) is 26.5. The fourth-order valence-corrected chi connectivity index (χ4v) is 6.05. The van der Waals surface area contributed by atoms with Crippen LogP contribution in [0.1, 0.15) is 102 Å². The van der Waals surface area contributed by atoms with Crippen molar-refractivity contribution in [2.45, 2.75) is 110 Å². The Morgan fingerprint density at radius 3 is 2.23 bits per heavy atom. The van der Waals surface area contributed by atoms with E-state index < -0.39 is 35.6 Å². The molecule has 1 heterocycles. The molecule has 1 aromatic heterocycles. The number of aromatic nitrogens is 2.